The van der Waals surface area contributed by atoms with Crippen LogP contribution in [0.1, 0.15) is 117 Å². The molecule has 0 spiro atoms. The number of ether oxygens (including phenoxy) is 5. The van der Waals surface area contributed by atoms with E-state index in [4.69, 9.17) is 18.9 Å². The number of hydrogen-bond acceptors (Lipinski definition) is 8. The average molecular weight is 581 g/mol. The molecule has 0 aromatic heterocycles. The van der Waals surface area contributed by atoms with Crippen molar-refractivity contribution in [2.24, 2.45) is 17.3 Å². The fourth-order valence-electron chi connectivity index (χ4n) is 6.32. The molecule has 0 radical (unpaired) electrons. The monoisotopic (exact) mass is 580 g/mol. The molecule has 236 valence electrons. The number of Topliss-reactive ketones (excluding diaryl/α,β-unsaturated/α-hetero) is 1. The van der Waals surface area contributed by atoms with Gasteiger partial charge in [-0.25, -0.2) is 0 Å². The Morgan fingerprint density at radius 1 is 1.07 bits per heavy atom. The molecule has 8 nitrogen and oxygen atoms in total. The summed E-state index contributed by atoms with van der Waals surface area (Å²) in [6.45, 7) is 8.18. The Bertz CT molecular complexity index is 799. The second-order valence-electron chi connectivity index (χ2n) is 12.9. The van der Waals surface area contributed by atoms with E-state index in [1.807, 2.05) is 0 Å². The van der Waals surface area contributed by atoms with Gasteiger partial charge in [0.25, 0.3) is 0 Å². The zero-order chi connectivity index (χ0) is 29.7. The quantitative estimate of drug-likeness (QED) is 0.122. The first-order chi connectivity index (χ1) is 19.7. The van der Waals surface area contributed by atoms with E-state index in [1.54, 1.807) is 0 Å². The maximum atomic E-state index is 13.3. The fraction of sp³-hybridized carbons (Fsp3) is 0.879. The molecule has 1 saturated carbocycles. The Kier molecular flexibility index (Phi) is 14.8. The van der Waals surface area contributed by atoms with Crippen LogP contribution in [-0.4, -0.2) is 68.1 Å². The lowest BCUT2D eigenvalue weighted by Gasteiger charge is -2.36. The first-order valence-corrected chi connectivity index (χ1v) is 16.2. The Morgan fingerprint density at radius 2 is 1.78 bits per heavy atom. The van der Waals surface area contributed by atoms with Gasteiger partial charge in [-0.1, -0.05) is 58.6 Å². The smallest absolute Gasteiger partial charge is 0.308 e. The van der Waals surface area contributed by atoms with Crippen LogP contribution < -0.4 is 0 Å². The molecule has 2 heterocycles. The molecule has 3 unspecified atom stereocenters. The summed E-state index contributed by atoms with van der Waals surface area (Å²) in [7, 11) is 1.33. The molecule has 41 heavy (non-hydrogen) atoms. The van der Waals surface area contributed by atoms with Gasteiger partial charge in [-0.3, -0.25) is 9.59 Å². The van der Waals surface area contributed by atoms with Crippen molar-refractivity contribution in [1.29, 1.82) is 0 Å². The summed E-state index contributed by atoms with van der Waals surface area (Å²) in [6, 6.07) is 0. The molecule has 3 fully saturated rings. The van der Waals surface area contributed by atoms with Gasteiger partial charge in [0.05, 0.1) is 31.8 Å². The minimum absolute atomic E-state index is 0.00143. The summed E-state index contributed by atoms with van der Waals surface area (Å²) >= 11 is 0. The lowest BCUT2D eigenvalue weighted by atomic mass is 9.80. The van der Waals surface area contributed by atoms with E-state index < -0.39 is 12.1 Å². The molecule has 0 amide bonds. The summed E-state index contributed by atoms with van der Waals surface area (Å²) in [6.07, 6.45) is 15.4. The molecule has 3 aliphatic rings. The van der Waals surface area contributed by atoms with Crippen LogP contribution in [0, 0.1) is 17.3 Å². The van der Waals surface area contributed by atoms with E-state index in [1.165, 1.54) is 7.11 Å². The molecule has 8 heteroatoms. The van der Waals surface area contributed by atoms with Crippen molar-refractivity contribution in [2.75, 3.05) is 20.3 Å². The van der Waals surface area contributed by atoms with Crippen molar-refractivity contribution in [3.63, 3.8) is 0 Å². The van der Waals surface area contributed by atoms with Crippen molar-refractivity contribution in [3.05, 3.63) is 12.2 Å². The third-order valence-electron chi connectivity index (χ3n) is 9.00. The van der Waals surface area contributed by atoms with E-state index in [9.17, 15) is 14.7 Å². The normalized spacial score (nSPS) is 29.1. The highest BCUT2D eigenvalue weighted by Gasteiger charge is 2.43. The van der Waals surface area contributed by atoms with Crippen molar-refractivity contribution in [1.82, 2.24) is 0 Å². The Hall–Kier alpha value is -1.32. The van der Waals surface area contributed by atoms with Crippen LogP contribution in [-0.2, 0) is 33.3 Å². The van der Waals surface area contributed by atoms with Crippen LogP contribution in [0.5, 0.6) is 0 Å². The summed E-state index contributed by atoms with van der Waals surface area (Å²) in [5.74, 6) is -0.388. The zero-order valence-electron chi connectivity index (χ0n) is 26.0. The second kappa shape index (κ2) is 17.7. The second-order valence-corrected chi connectivity index (χ2v) is 12.9. The number of aliphatic hydroxyl groups excluding tert-OH is 1. The largest absolute Gasteiger partial charge is 0.469 e. The van der Waals surface area contributed by atoms with Gasteiger partial charge in [0.15, 0.2) is 12.6 Å². The van der Waals surface area contributed by atoms with Gasteiger partial charge in [-0.2, -0.15) is 0 Å². The topological polar surface area (TPSA) is 101 Å². The Balaban J connectivity index is 1.72. The van der Waals surface area contributed by atoms with Crippen molar-refractivity contribution >= 4 is 11.8 Å². The van der Waals surface area contributed by atoms with Gasteiger partial charge in [-0.05, 0) is 63.2 Å². The minimum Gasteiger partial charge on any atom is -0.469 e. The zero-order valence-corrected chi connectivity index (χ0v) is 26.0. The number of carbonyl (C=O) groups excluding carboxylic acids is 2. The molecule has 2 aliphatic heterocycles. The van der Waals surface area contributed by atoms with Gasteiger partial charge < -0.3 is 28.8 Å². The lowest BCUT2D eigenvalue weighted by molar-refractivity contribution is -0.198. The van der Waals surface area contributed by atoms with Crippen molar-refractivity contribution in [2.45, 2.75) is 148 Å². The molecule has 7 atom stereocenters. The third-order valence-corrected chi connectivity index (χ3v) is 9.00. The van der Waals surface area contributed by atoms with Crippen molar-refractivity contribution in [3.8, 4) is 0 Å². The van der Waals surface area contributed by atoms with Gasteiger partial charge >= 0.3 is 5.97 Å². The highest BCUT2D eigenvalue weighted by molar-refractivity contribution is 5.84. The van der Waals surface area contributed by atoms with E-state index in [-0.39, 0.29) is 54.2 Å². The van der Waals surface area contributed by atoms with E-state index in [2.05, 4.69) is 37.7 Å². The van der Waals surface area contributed by atoms with Crippen molar-refractivity contribution < 1.29 is 38.4 Å². The van der Waals surface area contributed by atoms with Crippen LogP contribution in [0.4, 0.5) is 0 Å². The number of unbranched alkanes of at least 4 members (excludes halogenated alkanes) is 2. The van der Waals surface area contributed by atoms with Crippen LogP contribution in [0.3, 0.4) is 0 Å². The Labute approximate surface area is 247 Å². The predicted molar refractivity (Wildman–Crippen MR) is 157 cm³/mol. The van der Waals surface area contributed by atoms with Gasteiger partial charge in [0, 0.05) is 31.5 Å². The predicted octanol–water partition coefficient (Wildman–Crippen LogP) is 6.27. The SMILES string of the molecule is CCCCC(C)(C)[C@@H](/C=C/[C@H]1[C@H](OC2CCCCO2)CC(=O)[C@@H]1CCCCC(O)CC(=O)OC)OC1CCCCO1. The highest BCUT2D eigenvalue weighted by Crippen LogP contribution is 2.39. The van der Waals surface area contributed by atoms with Crippen LogP contribution in [0.15, 0.2) is 12.2 Å². The van der Waals surface area contributed by atoms with Gasteiger partial charge in [0.2, 0.25) is 0 Å². The number of rotatable bonds is 17. The number of hydrogen-bond donors (Lipinski definition) is 1. The van der Waals surface area contributed by atoms with E-state index in [0.717, 1.165) is 83.7 Å². The summed E-state index contributed by atoms with van der Waals surface area (Å²) in [5.41, 5.74) is -0.0793. The number of methoxy groups -OCH3 is 1. The molecule has 2 saturated heterocycles. The molecular formula is C33H56O8. The average Bonchev–Trinajstić information content (AvgIpc) is 3.26. The molecule has 0 aromatic carbocycles. The van der Waals surface area contributed by atoms with Crippen LogP contribution in [0.25, 0.3) is 0 Å². The molecule has 3 rings (SSSR count). The molecule has 1 aliphatic carbocycles. The minimum atomic E-state index is -0.720. The number of ketones is 1. The third kappa shape index (κ3) is 11.4. The summed E-state index contributed by atoms with van der Waals surface area (Å²) in [4.78, 5) is 24.8. The maximum absolute atomic E-state index is 13.3. The molecular weight excluding hydrogens is 524 g/mol. The highest BCUT2D eigenvalue weighted by atomic mass is 16.7. The molecule has 0 aromatic rings. The first kappa shape index (κ1) is 34.2. The number of carbonyl (C=O) groups is 2. The van der Waals surface area contributed by atoms with E-state index in [0.29, 0.717) is 19.4 Å². The van der Waals surface area contributed by atoms with Crippen LogP contribution >= 0.6 is 0 Å². The summed E-state index contributed by atoms with van der Waals surface area (Å²) < 4.78 is 29.5. The lowest BCUT2D eigenvalue weighted by Crippen LogP contribution is -2.37. The molecule has 0 bridgehead atoms. The maximum Gasteiger partial charge on any atom is 0.308 e. The number of esters is 1. The molecule has 1 N–H and O–H groups in total. The standard InChI is InChI=1S/C33H56O8/c1-5-6-19-33(2,3)29(41-32-16-10-12-21-39-32)18-17-26-25(14-8-7-13-24(34)22-30(36)37-4)27(35)23-28(26)40-31-15-9-11-20-38-31/h17-18,24-26,28-29,31-32,34H,5-16,19-23H2,1-4H3/b18-17+/t24?,25-,26-,28-,29-,31?,32?/m1/s1. The first-order valence-electron chi connectivity index (χ1n) is 16.2. The Morgan fingerprint density at radius 3 is 2.41 bits per heavy atom. The number of aliphatic hydroxyl groups is 1. The van der Waals surface area contributed by atoms with Gasteiger partial charge in [-0.15, -0.1) is 0 Å². The fourth-order valence-corrected chi connectivity index (χ4v) is 6.32. The van der Waals surface area contributed by atoms with Crippen LogP contribution in [0.2, 0.25) is 0 Å². The van der Waals surface area contributed by atoms with Gasteiger partial charge in [0.1, 0.15) is 5.78 Å². The van der Waals surface area contributed by atoms with E-state index >= 15 is 0 Å². The summed E-state index contributed by atoms with van der Waals surface area (Å²) in [5, 5.41) is 10.2.